The molecule has 1 atom stereocenters. The van der Waals surface area contributed by atoms with Crippen LogP contribution in [-0.2, 0) is 6.42 Å². The predicted octanol–water partition coefficient (Wildman–Crippen LogP) is 4.37. The SMILES string of the molecule is COc1cccc(NC(=S)N2c3ccc(F)cc3CCC2C)c1. The molecule has 0 amide bonds. The standard InChI is InChI=1S/C18H19FN2OS/c1-12-6-7-13-10-14(19)8-9-17(13)21(12)18(23)20-15-4-3-5-16(11-15)22-2/h3-5,8-12H,6-7H2,1-2H3,(H,20,23). The number of benzene rings is 2. The van der Waals surface area contributed by atoms with Crippen LogP contribution in [-0.4, -0.2) is 18.3 Å². The number of nitrogens with one attached hydrogen (secondary N) is 1. The van der Waals surface area contributed by atoms with Gasteiger partial charge in [-0.05, 0) is 67.9 Å². The van der Waals surface area contributed by atoms with E-state index >= 15 is 0 Å². The lowest BCUT2D eigenvalue weighted by molar-refractivity contribution is 0.415. The number of anilines is 2. The quantitative estimate of drug-likeness (QED) is 0.826. The topological polar surface area (TPSA) is 24.5 Å². The fourth-order valence-electron chi connectivity index (χ4n) is 2.91. The summed E-state index contributed by atoms with van der Waals surface area (Å²) in [5.74, 6) is 0.567. The molecule has 1 heterocycles. The third-order valence-electron chi connectivity index (χ3n) is 4.11. The first-order chi connectivity index (χ1) is 11.1. The molecule has 5 heteroatoms. The first kappa shape index (κ1) is 15.7. The van der Waals surface area contributed by atoms with Crippen molar-refractivity contribution in [2.24, 2.45) is 0 Å². The highest BCUT2D eigenvalue weighted by atomic mass is 32.1. The van der Waals surface area contributed by atoms with E-state index < -0.39 is 0 Å². The summed E-state index contributed by atoms with van der Waals surface area (Å²) in [6.07, 6.45) is 1.81. The highest BCUT2D eigenvalue weighted by Crippen LogP contribution is 2.32. The summed E-state index contributed by atoms with van der Waals surface area (Å²) in [5.41, 5.74) is 2.85. The van der Waals surface area contributed by atoms with E-state index in [-0.39, 0.29) is 11.9 Å². The molecule has 0 radical (unpaired) electrons. The Morgan fingerprint density at radius 1 is 1.30 bits per heavy atom. The van der Waals surface area contributed by atoms with Gasteiger partial charge >= 0.3 is 0 Å². The Morgan fingerprint density at radius 2 is 2.13 bits per heavy atom. The van der Waals surface area contributed by atoms with E-state index in [0.717, 1.165) is 35.5 Å². The van der Waals surface area contributed by atoms with E-state index in [1.807, 2.05) is 24.3 Å². The van der Waals surface area contributed by atoms with Crippen molar-refractivity contribution >= 4 is 28.7 Å². The summed E-state index contributed by atoms with van der Waals surface area (Å²) < 4.78 is 18.7. The molecule has 3 nitrogen and oxygen atoms in total. The molecule has 3 rings (SSSR count). The molecule has 0 spiro atoms. The second kappa shape index (κ2) is 6.54. The summed E-state index contributed by atoms with van der Waals surface area (Å²) in [4.78, 5) is 2.06. The molecule has 120 valence electrons. The van der Waals surface area contributed by atoms with Crippen LogP contribution in [0.1, 0.15) is 18.9 Å². The number of hydrogen-bond acceptors (Lipinski definition) is 2. The van der Waals surface area contributed by atoms with Crippen molar-refractivity contribution in [3.8, 4) is 5.75 Å². The molecule has 1 unspecified atom stereocenters. The Hall–Kier alpha value is -2.14. The molecule has 0 bridgehead atoms. The summed E-state index contributed by atoms with van der Waals surface area (Å²) in [5, 5.41) is 3.87. The maximum absolute atomic E-state index is 13.5. The first-order valence-corrected chi connectivity index (χ1v) is 8.02. The number of rotatable bonds is 2. The van der Waals surface area contributed by atoms with Crippen LogP contribution < -0.4 is 15.0 Å². The Bertz CT molecular complexity index is 735. The minimum atomic E-state index is -0.204. The predicted molar refractivity (Wildman–Crippen MR) is 95.9 cm³/mol. The van der Waals surface area contributed by atoms with Crippen molar-refractivity contribution in [2.75, 3.05) is 17.3 Å². The second-order valence-electron chi connectivity index (χ2n) is 5.69. The number of aryl methyl sites for hydroxylation is 1. The maximum atomic E-state index is 13.5. The molecule has 1 aliphatic heterocycles. The molecular weight excluding hydrogens is 311 g/mol. The van der Waals surface area contributed by atoms with Gasteiger partial charge in [0.1, 0.15) is 11.6 Å². The highest BCUT2D eigenvalue weighted by molar-refractivity contribution is 7.80. The Labute approximate surface area is 141 Å². The number of nitrogens with zero attached hydrogens (tertiary/aromatic N) is 1. The zero-order chi connectivity index (χ0) is 16.4. The molecular formula is C18H19FN2OS. The van der Waals surface area contributed by atoms with Crippen LogP contribution in [0.5, 0.6) is 5.75 Å². The van der Waals surface area contributed by atoms with Crippen molar-refractivity contribution < 1.29 is 9.13 Å². The van der Waals surface area contributed by atoms with E-state index in [4.69, 9.17) is 17.0 Å². The van der Waals surface area contributed by atoms with Gasteiger partial charge < -0.3 is 15.0 Å². The van der Waals surface area contributed by atoms with Crippen LogP contribution in [0, 0.1) is 5.82 Å². The minimum Gasteiger partial charge on any atom is -0.497 e. The molecule has 0 fully saturated rings. The van der Waals surface area contributed by atoms with Gasteiger partial charge in [0, 0.05) is 23.5 Å². The normalized spacial score (nSPS) is 16.7. The van der Waals surface area contributed by atoms with E-state index in [2.05, 4.69) is 17.1 Å². The van der Waals surface area contributed by atoms with Crippen LogP contribution in [0.3, 0.4) is 0 Å². The van der Waals surface area contributed by atoms with Crippen molar-refractivity contribution in [1.29, 1.82) is 0 Å². The van der Waals surface area contributed by atoms with Gasteiger partial charge in [-0.25, -0.2) is 4.39 Å². The van der Waals surface area contributed by atoms with Gasteiger partial charge in [-0.15, -0.1) is 0 Å². The van der Waals surface area contributed by atoms with E-state index in [1.54, 1.807) is 19.2 Å². The Morgan fingerprint density at radius 3 is 2.91 bits per heavy atom. The van der Waals surface area contributed by atoms with Crippen LogP contribution in [0.4, 0.5) is 15.8 Å². The van der Waals surface area contributed by atoms with Crippen molar-refractivity contribution in [3.63, 3.8) is 0 Å². The lowest BCUT2D eigenvalue weighted by Gasteiger charge is -2.37. The highest BCUT2D eigenvalue weighted by Gasteiger charge is 2.26. The van der Waals surface area contributed by atoms with Crippen LogP contribution in [0.25, 0.3) is 0 Å². The largest absolute Gasteiger partial charge is 0.497 e. The van der Waals surface area contributed by atoms with Crippen LogP contribution in [0.15, 0.2) is 42.5 Å². The van der Waals surface area contributed by atoms with E-state index in [0.29, 0.717) is 5.11 Å². The van der Waals surface area contributed by atoms with Gasteiger partial charge in [0.25, 0.3) is 0 Å². The molecule has 2 aromatic carbocycles. The van der Waals surface area contributed by atoms with Crippen LogP contribution in [0.2, 0.25) is 0 Å². The van der Waals surface area contributed by atoms with Crippen molar-refractivity contribution in [3.05, 3.63) is 53.8 Å². The summed E-state index contributed by atoms with van der Waals surface area (Å²) >= 11 is 5.60. The molecule has 0 aromatic heterocycles. The smallest absolute Gasteiger partial charge is 0.178 e. The molecule has 2 aromatic rings. The van der Waals surface area contributed by atoms with E-state index in [1.165, 1.54) is 6.07 Å². The number of thiocarbonyl (C=S) groups is 1. The summed E-state index contributed by atoms with van der Waals surface area (Å²) in [7, 11) is 1.63. The minimum absolute atomic E-state index is 0.204. The maximum Gasteiger partial charge on any atom is 0.178 e. The molecule has 0 saturated heterocycles. The van der Waals surface area contributed by atoms with Gasteiger partial charge in [0.15, 0.2) is 5.11 Å². The lowest BCUT2D eigenvalue weighted by Crippen LogP contribution is -2.44. The number of methoxy groups -OCH3 is 1. The Kier molecular flexibility index (Phi) is 4.48. The third-order valence-corrected chi connectivity index (χ3v) is 4.41. The first-order valence-electron chi connectivity index (χ1n) is 7.61. The molecule has 0 saturated carbocycles. The van der Waals surface area contributed by atoms with Crippen LogP contribution >= 0.6 is 12.2 Å². The van der Waals surface area contributed by atoms with Gasteiger partial charge in [-0.2, -0.15) is 0 Å². The number of fused-ring (bicyclic) bond motifs is 1. The average Bonchev–Trinajstić information content (AvgIpc) is 2.55. The number of halogens is 1. The average molecular weight is 330 g/mol. The summed E-state index contributed by atoms with van der Waals surface area (Å²) in [6, 6.07) is 12.8. The zero-order valence-corrected chi connectivity index (χ0v) is 14.0. The van der Waals surface area contributed by atoms with Crippen molar-refractivity contribution in [2.45, 2.75) is 25.8 Å². The Balaban J connectivity index is 1.87. The molecule has 1 aliphatic rings. The van der Waals surface area contributed by atoms with Gasteiger partial charge in [0.2, 0.25) is 0 Å². The van der Waals surface area contributed by atoms with Gasteiger partial charge in [-0.1, -0.05) is 6.07 Å². The molecule has 1 N–H and O–H groups in total. The third kappa shape index (κ3) is 3.29. The number of hydrogen-bond donors (Lipinski definition) is 1. The molecule has 0 aliphatic carbocycles. The van der Waals surface area contributed by atoms with E-state index in [9.17, 15) is 4.39 Å². The number of ether oxygens (including phenoxy) is 1. The van der Waals surface area contributed by atoms with Gasteiger partial charge in [0.05, 0.1) is 7.11 Å². The fourth-order valence-corrected chi connectivity index (χ4v) is 3.31. The second-order valence-corrected chi connectivity index (χ2v) is 6.08. The molecule has 23 heavy (non-hydrogen) atoms. The van der Waals surface area contributed by atoms with Crippen molar-refractivity contribution in [1.82, 2.24) is 0 Å². The van der Waals surface area contributed by atoms with Gasteiger partial charge in [-0.3, -0.25) is 0 Å². The zero-order valence-electron chi connectivity index (χ0n) is 13.2. The summed E-state index contributed by atoms with van der Waals surface area (Å²) in [6.45, 7) is 2.13. The monoisotopic (exact) mass is 330 g/mol. The fraction of sp³-hybridized carbons (Fsp3) is 0.278. The lowest BCUT2D eigenvalue weighted by atomic mass is 9.97.